The number of anilines is 2. The molecule has 1 N–H and O–H groups in total. The van der Waals surface area contributed by atoms with E-state index in [2.05, 4.69) is 24.5 Å². The summed E-state index contributed by atoms with van der Waals surface area (Å²) in [5.74, 6) is 0. The molecular weight excluding hydrogens is 337 g/mol. The largest absolute Gasteiger partial charge is 0.342 e. The lowest BCUT2D eigenvalue weighted by Gasteiger charge is -2.10. The van der Waals surface area contributed by atoms with Crippen molar-refractivity contribution in [3.05, 3.63) is 27.4 Å². The van der Waals surface area contributed by atoms with Crippen molar-refractivity contribution in [2.24, 2.45) is 8.73 Å². The van der Waals surface area contributed by atoms with E-state index in [0.29, 0.717) is 43.4 Å². The van der Waals surface area contributed by atoms with E-state index >= 15 is 0 Å². The van der Waals surface area contributed by atoms with Gasteiger partial charge in [-0.05, 0) is 24.5 Å². The Bertz CT molecular complexity index is 830. The molecule has 0 fully saturated rings. The number of aromatic nitrogens is 1. The molecule has 1 aliphatic rings. The Morgan fingerprint density at radius 1 is 1.25 bits per heavy atom. The van der Waals surface area contributed by atoms with Crippen LogP contribution in [0.15, 0.2) is 14.8 Å². The number of nitrogens with zero attached hydrogens (tertiary/aromatic N) is 4. The Hall–Kier alpha value is -1.46. The summed E-state index contributed by atoms with van der Waals surface area (Å²) in [5, 5.41) is 13.8. The highest BCUT2D eigenvalue weighted by molar-refractivity contribution is 7.58. The van der Waals surface area contributed by atoms with Crippen LogP contribution in [0.1, 0.15) is 11.3 Å². The lowest BCUT2D eigenvalue weighted by atomic mass is 10.2. The predicted molar refractivity (Wildman–Crippen MR) is 82.9 cm³/mol. The van der Waals surface area contributed by atoms with Gasteiger partial charge in [0.25, 0.3) is 0 Å². The smallest absolute Gasteiger partial charge is 0.132 e. The van der Waals surface area contributed by atoms with Crippen molar-refractivity contribution < 1.29 is 0 Å². The molecule has 0 saturated carbocycles. The Balaban J connectivity index is 2.11. The highest BCUT2D eigenvalue weighted by Gasteiger charge is 2.20. The van der Waals surface area contributed by atoms with E-state index in [0.717, 1.165) is 11.4 Å². The van der Waals surface area contributed by atoms with Crippen LogP contribution < -0.4 is 5.32 Å². The first-order valence-electron chi connectivity index (χ1n) is 5.35. The van der Waals surface area contributed by atoms with Crippen molar-refractivity contribution in [1.29, 1.82) is 5.26 Å². The van der Waals surface area contributed by atoms with Crippen molar-refractivity contribution in [3.63, 3.8) is 0 Å². The maximum Gasteiger partial charge on any atom is 0.132 e. The highest BCUT2D eigenvalue weighted by Crippen LogP contribution is 2.49. The zero-order valence-corrected chi connectivity index (χ0v) is 13.1. The Morgan fingerprint density at radius 2 is 2.00 bits per heavy atom. The summed E-state index contributed by atoms with van der Waals surface area (Å²) in [6, 6.07) is 3.73. The number of fused-ring (bicyclic) bond motifs is 1. The standard InChI is InChI=1S/C11H5Cl2N5S2/c1-4-5(3-14)11(19-16-4)15-8-6(12)2-7(13)9-10(8)18-20-17-9/h2,15H,1H3. The Kier molecular flexibility index (Phi) is 3.48. The number of aryl methyl sites for hydroxylation is 1. The Labute approximate surface area is 132 Å². The summed E-state index contributed by atoms with van der Waals surface area (Å²) in [6.07, 6.45) is 0. The van der Waals surface area contributed by atoms with Crippen LogP contribution in [0, 0.1) is 18.3 Å². The maximum atomic E-state index is 9.15. The minimum atomic E-state index is 0.421. The van der Waals surface area contributed by atoms with E-state index in [1.807, 2.05) is 0 Å². The minimum Gasteiger partial charge on any atom is -0.342 e. The van der Waals surface area contributed by atoms with Gasteiger partial charge in [0.2, 0.25) is 0 Å². The summed E-state index contributed by atoms with van der Waals surface area (Å²) < 4.78 is 12.5. The molecule has 1 aliphatic heterocycles. The third-order valence-corrected chi connectivity index (χ3v) is 4.63. The second-order valence-corrected chi connectivity index (χ2v) is 6.00. The van der Waals surface area contributed by atoms with Gasteiger partial charge >= 0.3 is 0 Å². The molecule has 0 atom stereocenters. The number of nitriles is 1. The molecule has 20 heavy (non-hydrogen) atoms. The van der Waals surface area contributed by atoms with E-state index < -0.39 is 0 Å². The monoisotopic (exact) mass is 341 g/mol. The first-order chi connectivity index (χ1) is 9.61. The lowest BCUT2D eigenvalue weighted by molar-refractivity contribution is 1.31. The van der Waals surface area contributed by atoms with Crippen LogP contribution in [0.25, 0.3) is 0 Å². The number of nitrogens with one attached hydrogen (secondary N) is 1. The van der Waals surface area contributed by atoms with E-state index in [1.54, 1.807) is 13.0 Å². The normalized spacial score (nSPS) is 11.9. The highest BCUT2D eigenvalue weighted by atomic mass is 35.5. The van der Waals surface area contributed by atoms with Crippen LogP contribution in [0.3, 0.4) is 0 Å². The number of hydrogen-bond donors (Lipinski definition) is 1. The summed E-state index contributed by atoms with van der Waals surface area (Å²) in [5.41, 5.74) is 2.93. The molecule has 1 aromatic carbocycles. The summed E-state index contributed by atoms with van der Waals surface area (Å²) in [7, 11) is 0. The minimum absolute atomic E-state index is 0.421. The lowest BCUT2D eigenvalue weighted by Crippen LogP contribution is -1.92. The van der Waals surface area contributed by atoms with Crippen LogP contribution in [-0.2, 0) is 11.4 Å². The van der Waals surface area contributed by atoms with Gasteiger partial charge in [0.15, 0.2) is 0 Å². The molecule has 0 radical (unpaired) electrons. The molecule has 0 spiro atoms. The van der Waals surface area contributed by atoms with E-state index in [-0.39, 0.29) is 0 Å². The maximum absolute atomic E-state index is 9.15. The average Bonchev–Trinajstić information content (AvgIpc) is 3.01. The topological polar surface area (TPSA) is 73.4 Å². The molecule has 2 heterocycles. The molecule has 2 aromatic rings. The van der Waals surface area contributed by atoms with Gasteiger partial charge in [-0.15, -0.1) is 0 Å². The predicted octanol–water partition coefficient (Wildman–Crippen LogP) is 5.10. The summed E-state index contributed by atoms with van der Waals surface area (Å²) >= 11 is 14.5. The fraction of sp³-hybridized carbons (Fsp3) is 0.0909. The van der Waals surface area contributed by atoms with Crippen LogP contribution in [0.2, 0.25) is 10.0 Å². The van der Waals surface area contributed by atoms with Gasteiger partial charge in [0.1, 0.15) is 28.0 Å². The number of benzene rings is 1. The number of halogens is 2. The molecule has 100 valence electrons. The van der Waals surface area contributed by atoms with Gasteiger partial charge in [0, 0.05) is 0 Å². The van der Waals surface area contributed by atoms with Gasteiger partial charge in [-0.2, -0.15) is 18.4 Å². The van der Waals surface area contributed by atoms with Crippen LogP contribution in [-0.4, -0.2) is 4.37 Å². The van der Waals surface area contributed by atoms with Gasteiger partial charge in [0.05, 0.1) is 32.8 Å². The van der Waals surface area contributed by atoms with Crippen molar-refractivity contribution in [3.8, 4) is 6.07 Å². The third kappa shape index (κ3) is 2.11. The molecule has 0 saturated heterocycles. The molecule has 1 aromatic heterocycles. The zero-order chi connectivity index (χ0) is 14.3. The van der Waals surface area contributed by atoms with Crippen molar-refractivity contribution in [1.82, 2.24) is 4.37 Å². The molecular formula is C11H5Cl2N5S2. The number of rotatable bonds is 2. The van der Waals surface area contributed by atoms with Crippen molar-refractivity contribution >= 4 is 68.2 Å². The van der Waals surface area contributed by atoms with Crippen molar-refractivity contribution in [2.45, 2.75) is 6.92 Å². The second-order valence-electron chi connectivity index (χ2n) is 3.89. The quantitative estimate of drug-likeness (QED) is 0.704. The van der Waals surface area contributed by atoms with Gasteiger partial charge in [-0.25, -0.2) is 0 Å². The van der Waals surface area contributed by atoms with Gasteiger partial charge in [-0.1, -0.05) is 23.2 Å². The fourth-order valence-corrected chi connectivity index (χ4v) is 3.60. The van der Waals surface area contributed by atoms with Crippen LogP contribution >= 0.6 is 34.7 Å². The zero-order valence-electron chi connectivity index (χ0n) is 9.94. The van der Waals surface area contributed by atoms with Crippen molar-refractivity contribution in [2.75, 3.05) is 5.32 Å². The van der Waals surface area contributed by atoms with E-state index in [1.165, 1.54) is 11.5 Å². The van der Waals surface area contributed by atoms with Crippen LogP contribution in [0.5, 0.6) is 0 Å². The molecule has 0 unspecified atom stereocenters. The average molecular weight is 342 g/mol. The van der Waals surface area contributed by atoms with E-state index in [9.17, 15) is 0 Å². The summed E-state index contributed by atoms with van der Waals surface area (Å²) in [4.78, 5) is 0. The second kappa shape index (κ2) is 5.14. The van der Waals surface area contributed by atoms with Crippen LogP contribution in [0.4, 0.5) is 22.1 Å². The first-order valence-corrected chi connectivity index (χ1v) is 7.61. The third-order valence-electron chi connectivity index (χ3n) is 2.66. The molecule has 9 heteroatoms. The summed E-state index contributed by atoms with van der Waals surface area (Å²) in [6.45, 7) is 1.78. The van der Waals surface area contributed by atoms with Gasteiger partial charge in [-0.3, -0.25) is 0 Å². The molecule has 0 amide bonds. The fourth-order valence-electron chi connectivity index (χ4n) is 1.69. The molecule has 0 bridgehead atoms. The molecule has 3 rings (SSSR count). The SMILES string of the molecule is Cc1nsc(Nc2c(Cl)cc(Cl)c3c2N=S=N3)c1C#N. The molecule has 5 nitrogen and oxygen atoms in total. The van der Waals surface area contributed by atoms with E-state index in [4.69, 9.17) is 28.5 Å². The van der Waals surface area contributed by atoms with Gasteiger partial charge < -0.3 is 5.32 Å². The number of hydrogen-bond acceptors (Lipinski definition) is 6. The Morgan fingerprint density at radius 3 is 2.75 bits per heavy atom. The molecule has 0 aliphatic carbocycles. The first kappa shape index (κ1) is 13.5.